The van der Waals surface area contributed by atoms with Crippen molar-refractivity contribution in [3.63, 3.8) is 0 Å². The van der Waals surface area contributed by atoms with Crippen molar-refractivity contribution >= 4 is 5.95 Å². The van der Waals surface area contributed by atoms with E-state index in [9.17, 15) is 13.2 Å². The van der Waals surface area contributed by atoms with Crippen molar-refractivity contribution in [2.45, 2.75) is 31.5 Å². The molecule has 2 N–H and O–H groups in total. The van der Waals surface area contributed by atoms with Crippen LogP contribution in [0.3, 0.4) is 0 Å². The lowest BCUT2D eigenvalue weighted by atomic mass is 9.90. The maximum atomic E-state index is 12.6. The number of aryl methyl sites for hydroxylation is 1. The van der Waals surface area contributed by atoms with E-state index in [0.717, 1.165) is 42.9 Å². The molecule has 0 aliphatic carbocycles. The van der Waals surface area contributed by atoms with Gasteiger partial charge in [-0.25, -0.2) is 4.68 Å². The predicted molar refractivity (Wildman–Crippen MR) is 67.0 cm³/mol. The average molecular weight is 282 g/mol. The van der Waals surface area contributed by atoms with Crippen LogP contribution < -0.4 is 5.73 Å². The Balaban J connectivity index is 1.94. The number of halogens is 3. The highest BCUT2D eigenvalue weighted by Crippen LogP contribution is 2.35. The summed E-state index contributed by atoms with van der Waals surface area (Å²) in [5.41, 5.74) is 5.76. The molecule has 0 saturated carbocycles. The van der Waals surface area contributed by atoms with Gasteiger partial charge in [-0.1, -0.05) is 12.1 Å². The number of nitrogen functional groups attached to an aromatic ring is 1. The van der Waals surface area contributed by atoms with Gasteiger partial charge in [0.25, 0.3) is 0 Å². The largest absolute Gasteiger partial charge is 0.416 e. The molecule has 0 amide bonds. The summed E-state index contributed by atoms with van der Waals surface area (Å²) in [5, 5.41) is 4.09. The lowest BCUT2D eigenvalue weighted by Crippen LogP contribution is -2.18. The zero-order chi connectivity index (χ0) is 14.3. The van der Waals surface area contributed by atoms with Crippen LogP contribution in [-0.2, 0) is 12.7 Å². The van der Waals surface area contributed by atoms with Crippen LogP contribution in [0.15, 0.2) is 24.3 Å². The summed E-state index contributed by atoms with van der Waals surface area (Å²) < 4.78 is 39.4. The Morgan fingerprint density at radius 2 is 1.90 bits per heavy atom. The number of hydrogen-bond donors (Lipinski definition) is 1. The highest BCUT2D eigenvalue weighted by atomic mass is 19.4. The van der Waals surface area contributed by atoms with E-state index in [1.165, 1.54) is 12.1 Å². The van der Waals surface area contributed by atoms with Crippen molar-refractivity contribution in [1.29, 1.82) is 0 Å². The highest BCUT2D eigenvalue weighted by Gasteiger charge is 2.31. The first-order valence-corrected chi connectivity index (χ1v) is 6.32. The summed E-state index contributed by atoms with van der Waals surface area (Å²) in [6.07, 6.45) is -2.57. The van der Waals surface area contributed by atoms with E-state index in [0.29, 0.717) is 0 Å². The molecule has 0 spiro atoms. The molecule has 1 atom stereocenters. The highest BCUT2D eigenvalue weighted by molar-refractivity contribution is 5.32. The summed E-state index contributed by atoms with van der Waals surface area (Å²) >= 11 is 0. The third-order valence-corrected chi connectivity index (χ3v) is 3.53. The van der Waals surface area contributed by atoms with Crippen molar-refractivity contribution in [3.8, 4) is 0 Å². The molecule has 20 heavy (non-hydrogen) atoms. The van der Waals surface area contributed by atoms with E-state index in [2.05, 4.69) is 10.1 Å². The summed E-state index contributed by atoms with van der Waals surface area (Å²) in [6.45, 7) is 0.747. The van der Waals surface area contributed by atoms with Gasteiger partial charge in [-0.2, -0.15) is 18.2 Å². The summed E-state index contributed by atoms with van der Waals surface area (Å²) in [4.78, 5) is 4.19. The molecular weight excluding hydrogens is 269 g/mol. The van der Waals surface area contributed by atoms with E-state index in [1.807, 2.05) is 0 Å². The van der Waals surface area contributed by atoms with Crippen LogP contribution in [0.1, 0.15) is 35.7 Å². The molecule has 2 heterocycles. The van der Waals surface area contributed by atoms with Crippen LogP contribution in [0, 0.1) is 0 Å². The molecule has 1 aliphatic rings. The van der Waals surface area contributed by atoms with Gasteiger partial charge in [0.1, 0.15) is 5.82 Å². The maximum absolute atomic E-state index is 12.6. The van der Waals surface area contributed by atoms with Gasteiger partial charge in [0.05, 0.1) is 5.56 Å². The molecule has 0 radical (unpaired) electrons. The van der Waals surface area contributed by atoms with E-state index >= 15 is 0 Å². The van der Waals surface area contributed by atoms with Crippen molar-refractivity contribution in [2.75, 3.05) is 5.73 Å². The third kappa shape index (κ3) is 2.23. The molecule has 0 bridgehead atoms. The number of aromatic nitrogens is 3. The van der Waals surface area contributed by atoms with Crippen LogP contribution in [0.2, 0.25) is 0 Å². The van der Waals surface area contributed by atoms with Crippen molar-refractivity contribution in [3.05, 3.63) is 41.2 Å². The molecule has 1 aliphatic heterocycles. The molecule has 0 fully saturated rings. The van der Waals surface area contributed by atoms with Crippen LogP contribution in [-0.4, -0.2) is 14.8 Å². The molecule has 3 rings (SSSR count). The monoisotopic (exact) mass is 282 g/mol. The normalized spacial score (nSPS) is 18.9. The summed E-state index contributed by atoms with van der Waals surface area (Å²) in [7, 11) is 0. The number of alkyl halides is 3. The van der Waals surface area contributed by atoms with Gasteiger partial charge in [0.15, 0.2) is 0 Å². The molecule has 2 aromatic rings. The number of rotatable bonds is 1. The van der Waals surface area contributed by atoms with Crippen molar-refractivity contribution in [2.24, 2.45) is 0 Å². The predicted octanol–water partition coefficient (Wildman–Crippen LogP) is 2.80. The molecule has 0 saturated heterocycles. The van der Waals surface area contributed by atoms with Gasteiger partial charge in [-0.3, -0.25) is 0 Å². The SMILES string of the molecule is Nc1nc2n(n1)CCCC2c1ccc(C(F)(F)F)cc1. The number of benzene rings is 1. The lowest BCUT2D eigenvalue weighted by molar-refractivity contribution is -0.137. The summed E-state index contributed by atoms with van der Waals surface area (Å²) in [6, 6.07) is 5.23. The minimum Gasteiger partial charge on any atom is -0.366 e. The second kappa shape index (κ2) is 4.50. The molecular formula is C13H13F3N4. The fraction of sp³-hybridized carbons (Fsp3) is 0.385. The third-order valence-electron chi connectivity index (χ3n) is 3.53. The number of nitrogens with two attached hydrogens (primary N) is 1. The van der Waals surface area contributed by atoms with E-state index in [-0.39, 0.29) is 11.9 Å². The summed E-state index contributed by atoms with van der Waals surface area (Å²) in [5.74, 6) is 0.892. The van der Waals surface area contributed by atoms with Crippen LogP contribution >= 0.6 is 0 Å². The Labute approximate surface area is 113 Å². The minimum absolute atomic E-state index is 0.0455. The first kappa shape index (κ1) is 13.0. The van der Waals surface area contributed by atoms with E-state index in [1.54, 1.807) is 4.68 Å². The molecule has 1 unspecified atom stereocenters. The Morgan fingerprint density at radius 1 is 1.20 bits per heavy atom. The van der Waals surface area contributed by atoms with Crippen molar-refractivity contribution < 1.29 is 13.2 Å². The fourth-order valence-electron chi connectivity index (χ4n) is 2.59. The number of fused-ring (bicyclic) bond motifs is 1. The lowest BCUT2D eigenvalue weighted by Gasteiger charge is -2.22. The Morgan fingerprint density at radius 3 is 2.55 bits per heavy atom. The standard InChI is InChI=1S/C13H13F3N4/c14-13(15,16)9-5-3-8(4-6-9)10-2-1-7-20-11(10)18-12(17)19-20/h3-6,10H,1-2,7H2,(H2,17,19). The zero-order valence-electron chi connectivity index (χ0n) is 10.6. The second-order valence-electron chi connectivity index (χ2n) is 4.87. The quantitative estimate of drug-likeness (QED) is 0.875. The zero-order valence-corrected chi connectivity index (χ0v) is 10.6. The molecule has 106 valence electrons. The Bertz CT molecular complexity index is 616. The fourth-order valence-corrected chi connectivity index (χ4v) is 2.59. The van der Waals surface area contributed by atoms with Gasteiger partial charge in [-0.05, 0) is 30.5 Å². The first-order valence-electron chi connectivity index (χ1n) is 6.32. The van der Waals surface area contributed by atoms with E-state index in [4.69, 9.17) is 5.73 Å². The van der Waals surface area contributed by atoms with Crippen molar-refractivity contribution in [1.82, 2.24) is 14.8 Å². The second-order valence-corrected chi connectivity index (χ2v) is 4.87. The minimum atomic E-state index is -4.31. The Hall–Kier alpha value is -2.05. The number of hydrogen-bond acceptors (Lipinski definition) is 3. The first-order chi connectivity index (χ1) is 9.45. The van der Waals surface area contributed by atoms with Gasteiger partial charge in [0.2, 0.25) is 5.95 Å². The van der Waals surface area contributed by atoms with Crippen LogP contribution in [0.25, 0.3) is 0 Å². The Kier molecular flexibility index (Phi) is 2.92. The molecule has 1 aromatic heterocycles. The van der Waals surface area contributed by atoms with Gasteiger partial charge in [-0.15, -0.1) is 5.10 Å². The number of anilines is 1. The van der Waals surface area contributed by atoms with Gasteiger partial charge >= 0.3 is 6.18 Å². The average Bonchev–Trinajstić information content (AvgIpc) is 2.78. The van der Waals surface area contributed by atoms with Crippen LogP contribution in [0.4, 0.5) is 19.1 Å². The van der Waals surface area contributed by atoms with E-state index < -0.39 is 11.7 Å². The number of nitrogens with zero attached hydrogens (tertiary/aromatic N) is 3. The van der Waals surface area contributed by atoms with Gasteiger partial charge in [0, 0.05) is 12.5 Å². The molecule has 4 nitrogen and oxygen atoms in total. The smallest absolute Gasteiger partial charge is 0.366 e. The molecule has 1 aromatic carbocycles. The maximum Gasteiger partial charge on any atom is 0.416 e. The van der Waals surface area contributed by atoms with Crippen LogP contribution in [0.5, 0.6) is 0 Å². The van der Waals surface area contributed by atoms with Gasteiger partial charge < -0.3 is 5.73 Å². The molecule has 7 heteroatoms. The topological polar surface area (TPSA) is 56.7 Å².